The van der Waals surface area contributed by atoms with Crippen molar-refractivity contribution >= 4 is 29.2 Å². The molecule has 0 aliphatic rings. The molecule has 0 fully saturated rings. The van der Waals surface area contributed by atoms with Gasteiger partial charge in [0.05, 0.1) is 11.9 Å². The number of ether oxygens (including phenoxy) is 1. The second-order valence-corrected chi connectivity index (χ2v) is 6.42. The first kappa shape index (κ1) is 21.3. The van der Waals surface area contributed by atoms with E-state index in [1.54, 1.807) is 42.5 Å². The fraction of sp³-hybridized carbons (Fsp3) is 0.0909. The van der Waals surface area contributed by atoms with Crippen LogP contribution in [0.3, 0.4) is 0 Å². The number of primary amides is 1. The average Bonchev–Trinajstić information content (AvgIpc) is 2.76. The predicted octanol–water partition coefficient (Wildman–Crippen LogP) is 3.12. The molecule has 0 saturated heterocycles. The molecule has 0 spiro atoms. The van der Waals surface area contributed by atoms with E-state index in [1.807, 2.05) is 18.2 Å². The number of nitrogens with zero attached hydrogens (tertiary/aromatic N) is 1. The molecule has 5 N–H and O–H groups in total. The highest BCUT2D eigenvalue weighted by Crippen LogP contribution is 2.21. The number of carbonyl (C=O) groups excluding carboxylic acids is 3. The Kier molecular flexibility index (Phi) is 7.15. The van der Waals surface area contributed by atoms with Gasteiger partial charge in [0.15, 0.2) is 0 Å². The van der Waals surface area contributed by atoms with Gasteiger partial charge in [0, 0.05) is 30.3 Å². The van der Waals surface area contributed by atoms with E-state index in [-0.39, 0.29) is 24.9 Å². The molecule has 4 amide bonds. The van der Waals surface area contributed by atoms with E-state index in [9.17, 15) is 14.4 Å². The van der Waals surface area contributed by atoms with E-state index in [0.717, 1.165) is 0 Å². The van der Waals surface area contributed by atoms with Crippen molar-refractivity contribution in [1.82, 2.24) is 10.3 Å². The number of amides is 4. The van der Waals surface area contributed by atoms with Crippen LogP contribution in [0.2, 0.25) is 0 Å². The summed E-state index contributed by atoms with van der Waals surface area (Å²) in [5.41, 5.74) is 6.73. The Morgan fingerprint density at radius 1 is 0.903 bits per heavy atom. The van der Waals surface area contributed by atoms with Crippen LogP contribution in [0.25, 0.3) is 0 Å². The molecule has 0 atom stereocenters. The Hall–Kier alpha value is -4.40. The normalized spacial score (nSPS) is 10.1. The number of hydrogen-bond donors (Lipinski definition) is 4. The van der Waals surface area contributed by atoms with Crippen molar-refractivity contribution in [2.75, 3.05) is 17.2 Å². The molecule has 3 rings (SSSR count). The number of carbonyl (C=O) groups is 3. The number of aromatic nitrogens is 1. The molecule has 0 radical (unpaired) electrons. The summed E-state index contributed by atoms with van der Waals surface area (Å²) in [4.78, 5) is 39.2. The lowest BCUT2D eigenvalue weighted by molar-refractivity contribution is -0.116. The largest absolute Gasteiger partial charge is 0.439 e. The number of nitrogens with one attached hydrogen (secondary N) is 3. The van der Waals surface area contributed by atoms with Crippen LogP contribution in [0.1, 0.15) is 16.8 Å². The fourth-order valence-electron chi connectivity index (χ4n) is 2.56. The zero-order chi connectivity index (χ0) is 22.1. The summed E-state index contributed by atoms with van der Waals surface area (Å²) in [6, 6.07) is 18.3. The summed E-state index contributed by atoms with van der Waals surface area (Å²) in [7, 11) is 0. The number of urea groups is 1. The van der Waals surface area contributed by atoms with Gasteiger partial charge in [0.25, 0.3) is 0 Å². The summed E-state index contributed by atoms with van der Waals surface area (Å²) in [6.45, 7) is 0.176. The Morgan fingerprint density at radius 2 is 1.71 bits per heavy atom. The van der Waals surface area contributed by atoms with Crippen molar-refractivity contribution in [2.24, 2.45) is 5.73 Å². The molecule has 1 aromatic heterocycles. The van der Waals surface area contributed by atoms with Crippen molar-refractivity contribution in [2.45, 2.75) is 6.42 Å². The van der Waals surface area contributed by atoms with Gasteiger partial charge in [-0.05, 0) is 36.4 Å². The Balaban J connectivity index is 1.43. The van der Waals surface area contributed by atoms with Crippen molar-refractivity contribution in [3.05, 3.63) is 78.5 Å². The molecule has 0 saturated carbocycles. The molecular formula is C22H21N5O4. The van der Waals surface area contributed by atoms with E-state index < -0.39 is 5.91 Å². The highest BCUT2D eigenvalue weighted by molar-refractivity contribution is 5.93. The molecule has 1 heterocycles. The first-order valence-electron chi connectivity index (χ1n) is 9.43. The van der Waals surface area contributed by atoms with Gasteiger partial charge in [0.2, 0.25) is 17.7 Å². The van der Waals surface area contributed by atoms with Crippen LogP contribution >= 0.6 is 0 Å². The summed E-state index contributed by atoms with van der Waals surface area (Å²) < 4.78 is 5.58. The van der Waals surface area contributed by atoms with E-state index in [1.165, 1.54) is 12.3 Å². The maximum atomic E-state index is 12.0. The van der Waals surface area contributed by atoms with Gasteiger partial charge in [0.1, 0.15) is 5.75 Å². The van der Waals surface area contributed by atoms with Crippen molar-refractivity contribution in [1.29, 1.82) is 0 Å². The molecule has 3 aromatic rings. The van der Waals surface area contributed by atoms with Crippen LogP contribution in [0.5, 0.6) is 11.6 Å². The molecule has 0 unspecified atom stereocenters. The third kappa shape index (κ3) is 6.86. The van der Waals surface area contributed by atoms with E-state index >= 15 is 0 Å². The summed E-state index contributed by atoms with van der Waals surface area (Å²) in [5, 5.41) is 7.98. The average molecular weight is 419 g/mol. The highest BCUT2D eigenvalue weighted by atomic mass is 16.5. The summed E-state index contributed by atoms with van der Waals surface area (Å²) in [5.74, 6) is -0.118. The van der Waals surface area contributed by atoms with Crippen LogP contribution in [0.4, 0.5) is 16.2 Å². The standard InChI is InChI=1S/C22H21N5O4/c23-21(29)15-5-4-8-18(13-15)31-20-10-9-17(14-25-20)26-19(28)11-12-24-22(30)27-16-6-2-1-3-7-16/h1-10,13-14H,11-12H2,(H2,23,29)(H,26,28)(H2,24,27,30). The summed E-state index contributed by atoms with van der Waals surface area (Å²) in [6.07, 6.45) is 1.54. The zero-order valence-corrected chi connectivity index (χ0v) is 16.5. The molecule has 158 valence electrons. The zero-order valence-electron chi connectivity index (χ0n) is 16.5. The minimum atomic E-state index is -0.552. The number of hydrogen-bond acceptors (Lipinski definition) is 5. The van der Waals surface area contributed by atoms with Gasteiger partial charge in [-0.15, -0.1) is 0 Å². The van der Waals surface area contributed by atoms with Crippen molar-refractivity contribution < 1.29 is 19.1 Å². The Morgan fingerprint density at radius 3 is 2.42 bits per heavy atom. The third-order valence-corrected chi connectivity index (χ3v) is 4.03. The number of para-hydroxylation sites is 1. The van der Waals surface area contributed by atoms with Crippen LogP contribution in [-0.2, 0) is 4.79 Å². The molecule has 31 heavy (non-hydrogen) atoms. The lowest BCUT2D eigenvalue weighted by Gasteiger charge is -2.09. The van der Waals surface area contributed by atoms with Crippen molar-refractivity contribution in [3.8, 4) is 11.6 Å². The molecule has 9 nitrogen and oxygen atoms in total. The quantitative estimate of drug-likeness (QED) is 0.445. The molecule has 0 aliphatic heterocycles. The van der Waals surface area contributed by atoms with Crippen molar-refractivity contribution in [3.63, 3.8) is 0 Å². The van der Waals surface area contributed by atoms with E-state index in [4.69, 9.17) is 10.5 Å². The molecule has 0 bridgehead atoms. The third-order valence-electron chi connectivity index (χ3n) is 4.03. The highest BCUT2D eigenvalue weighted by Gasteiger charge is 2.07. The minimum absolute atomic E-state index is 0.0976. The molecule has 0 aliphatic carbocycles. The minimum Gasteiger partial charge on any atom is -0.439 e. The van der Waals surface area contributed by atoms with Crippen LogP contribution in [0, 0.1) is 0 Å². The fourth-order valence-corrected chi connectivity index (χ4v) is 2.56. The van der Waals surface area contributed by atoms with E-state index in [2.05, 4.69) is 20.9 Å². The number of pyridine rings is 1. The molecule has 9 heteroatoms. The number of nitrogens with two attached hydrogens (primary N) is 1. The SMILES string of the molecule is NC(=O)c1cccc(Oc2ccc(NC(=O)CCNC(=O)Nc3ccccc3)cn2)c1. The van der Waals surface area contributed by atoms with Gasteiger partial charge in [-0.2, -0.15) is 0 Å². The van der Waals surface area contributed by atoms with Gasteiger partial charge in [-0.1, -0.05) is 24.3 Å². The smallest absolute Gasteiger partial charge is 0.319 e. The van der Waals surface area contributed by atoms with Crippen LogP contribution < -0.4 is 26.4 Å². The number of anilines is 2. The first-order valence-corrected chi connectivity index (χ1v) is 9.43. The molecular weight excluding hydrogens is 398 g/mol. The van der Waals surface area contributed by atoms with Gasteiger partial charge < -0.3 is 26.4 Å². The number of benzene rings is 2. The summed E-state index contributed by atoms with van der Waals surface area (Å²) >= 11 is 0. The van der Waals surface area contributed by atoms with E-state index in [0.29, 0.717) is 28.6 Å². The predicted molar refractivity (Wildman–Crippen MR) is 116 cm³/mol. The lowest BCUT2D eigenvalue weighted by Crippen LogP contribution is -2.31. The van der Waals surface area contributed by atoms with Gasteiger partial charge in [-0.3, -0.25) is 9.59 Å². The Bertz CT molecular complexity index is 1060. The van der Waals surface area contributed by atoms with Crippen LogP contribution in [0.15, 0.2) is 72.9 Å². The maximum absolute atomic E-state index is 12.0. The lowest BCUT2D eigenvalue weighted by atomic mass is 10.2. The maximum Gasteiger partial charge on any atom is 0.319 e. The Labute approximate surface area is 178 Å². The number of rotatable bonds is 8. The second kappa shape index (κ2) is 10.4. The van der Waals surface area contributed by atoms with Gasteiger partial charge in [-0.25, -0.2) is 9.78 Å². The first-order chi connectivity index (χ1) is 15.0. The van der Waals surface area contributed by atoms with Crippen LogP contribution in [-0.4, -0.2) is 29.4 Å². The topological polar surface area (TPSA) is 135 Å². The molecule has 2 aromatic carbocycles. The monoisotopic (exact) mass is 419 g/mol. The second-order valence-electron chi connectivity index (χ2n) is 6.42. The van der Waals surface area contributed by atoms with Gasteiger partial charge >= 0.3 is 6.03 Å².